The van der Waals surface area contributed by atoms with Crippen LogP contribution >= 0.6 is 0 Å². The molecule has 1 unspecified atom stereocenters. The molecule has 1 aliphatic heterocycles. The van der Waals surface area contributed by atoms with Crippen LogP contribution in [-0.2, 0) is 9.59 Å². The van der Waals surface area contributed by atoms with Crippen molar-refractivity contribution < 1.29 is 14.0 Å². The van der Waals surface area contributed by atoms with Crippen LogP contribution < -0.4 is 4.90 Å². The zero-order valence-corrected chi connectivity index (χ0v) is 13.6. The fourth-order valence-corrected chi connectivity index (χ4v) is 3.82. The van der Waals surface area contributed by atoms with Crippen molar-refractivity contribution in [3.05, 3.63) is 65.3 Å². The minimum Gasteiger partial charge on any atom is -0.469 e. The fourth-order valence-electron chi connectivity index (χ4n) is 3.82. The molecule has 0 saturated heterocycles. The van der Waals surface area contributed by atoms with Gasteiger partial charge in [-0.3, -0.25) is 14.5 Å². The molecular weight excluding hydrogens is 302 g/mol. The van der Waals surface area contributed by atoms with Crippen LogP contribution in [0.2, 0.25) is 0 Å². The van der Waals surface area contributed by atoms with Crippen molar-refractivity contribution in [1.29, 1.82) is 0 Å². The smallest absolute Gasteiger partial charge is 0.232 e. The number of para-hydroxylation sites is 1. The fraction of sp³-hybridized carbons (Fsp3) is 0.300. The number of ketones is 1. The van der Waals surface area contributed by atoms with Gasteiger partial charge in [0.2, 0.25) is 5.91 Å². The molecule has 2 aliphatic rings. The number of anilines is 1. The van der Waals surface area contributed by atoms with Crippen LogP contribution in [0.1, 0.15) is 42.9 Å². The molecule has 2 aromatic rings. The standard InChI is InChI=1S/C20H19NO3/c1-13-6-2-3-7-15(13)21-16-8-4-9-17(22)20(16)14(12-19(21)23)18-10-5-11-24-18/h2-3,5-7,10-11,14H,4,8-9,12H2,1H3. The van der Waals surface area contributed by atoms with Crippen LogP contribution in [0.15, 0.2) is 58.3 Å². The van der Waals surface area contributed by atoms with Crippen molar-refractivity contribution >= 4 is 17.4 Å². The van der Waals surface area contributed by atoms with E-state index >= 15 is 0 Å². The number of carbonyl (C=O) groups is 2. The van der Waals surface area contributed by atoms with Gasteiger partial charge < -0.3 is 4.42 Å². The molecule has 122 valence electrons. The minimum absolute atomic E-state index is 0.0270. The lowest BCUT2D eigenvalue weighted by atomic mass is 9.79. The Kier molecular flexibility index (Phi) is 3.60. The zero-order chi connectivity index (χ0) is 16.7. The summed E-state index contributed by atoms with van der Waals surface area (Å²) >= 11 is 0. The summed E-state index contributed by atoms with van der Waals surface area (Å²) in [5.41, 5.74) is 3.53. The van der Waals surface area contributed by atoms with E-state index in [1.54, 1.807) is 17.2 Å². The third-order valence-electron chi connectivity index (χ3n) is 4.92. The van der Waals surface area contributed by atoms with E-state index in [0.717, 1.165) is 35.4 Å². The number of hydrogen-bond donors (Lipinski definition) is 0. The summed E-state index contributed by atoms with van der Waals surface area (Å²) in [5, 5.41) is 0. The van der Waals surface area contributed by atoms with Gasteiger partial charge in [0.25, 0.3) is 0 Å². The molecule has 4 rings (SSSR count). The first-order valence-electron chi connectivity index (χ1n) is 8.35. The van der Waals surface area contributed by atoms with Gasteiger partial charge in [-0.25, -0.2) is 0 Å². The maximum atomic E-state index is 13.0. The summed E-state index contributed by atoms with van der Waals surface area (Å²) in [7, 11) is 0. The van der Waals surface area contributed by atoms with E-state index < -0.39 is 0 Å². The van der Waals surface area contributed by atoms with Gasteiger partial charge in [0, 0.05) is 24.1 Å². The van der Waals surface area contributed by atoms with Crippen molar-refractivity contribution in [2.24, 2.45) is 0 Å². The molecular formula is C20H19NO3. The van der Waals surface area contributed by atoms with E-state index in [2.05, 4.69) is 0 Å². The van der Waals surface area contributed by atoms with E-state index in [0.29, 0.717) is 12.2 Å². The van der Waals surface area contributed by atoms with Crippen LogP contribution in [0.3, 0.4) is 0 Å². The van der Waals surface area contributed by atoms with Gasteiger partial charge in [-0.2, -0.15) is 0 Å². The van der Waals surface area contributed by atoms with E-state index in [-0.39, 0.29) is 24.0 Å². The summed E-state index contributed by atoms with van der Waals surface area (Å²) in [6.07, 6.45) is 3.95. The van der Waals surface area contributed by atoms with Crippen molar-refractivity contribution in [1.82, 2.24) is 0 Å². The Labute approximate surface area is 140 Å². The normalized spacial score (nSPS) is 21.2. The average molecular weight is 321 g/mol. The molecule has 24 heavy (non-hydrogen) atoms. The maximum absolute atomic E-state index is 13.0. The van der Waals surface area contributed by atoms with Crippen molar-refractivity contribution in [3.8, 4) is 0 Å². The van der Waals surface area contributed by atoms with Gasteiger partial charge in [-0.15, -0.1) is 0 Å². The number of furan rings is 1. The topological polar surface area (TPSA) is 50.5 Å². The average Bonchev–Trinajstić information content (AvgIpc) is 3.10. The van der Waals surface area contributed by atoms with Crippen molar-refractivity contribution in [2.45, 2.75) is 38.5 Å². The lowest BCUT2D eigenvalue weighted by Gasteiger charge is -2.38. The molecule has 0 bridgehead atoms. The molecule has 1 atom stereocenters. The predicted molar refractivity (Wildman–Crippen MR) is 90.6 cm³/mol. The van der Waals surface area contributed by atoms with Gasteiger partial charge >= 0.3 is 0 Å². The molecule has 1 aromatic heterocycles. The first-order valence-corrected chi connectivity index (χ1v) is 8.35. The number of benzene rings is 1. The highest BCUT2D eigenvalue weighted by Gasteiger charge is 2.40. The van der Waals surface area contributed by atoms with E-state index in [9.17, 15) is 9.59 Å². The Morgan fingerprint density at radius 3 is 2.67 bits per heavy atom. The molecule has 0 N–H and O–H groups in total. The Balaban J connectivity index is 1.89. The molecule has 0 spiro atoms. The number of carbonyl (C=O) groups excluding carboxylic acids is 2. The quantitative estimate of drug-likeness (QED) is 0.836. The second-order valence-corrected chi connectivity index (χ2v) is 6.42. The molecule has 1 aliphatic carbocycles. The number of allylic oxidation sites excluding steroid dienone is 2. The van der Waals surface area contributed by atoms with Crippen molar-refractivity contribution in [3.63, 3.8) is 0 Å². The third-order valence-corrected chi connectivity index (χ3v) is 4.92. The minimum atomic E-state index is -0.254. The summed E-state index contributed by atoms with van der Waals surface area (Å²) in [6, 6.07) is 11.5. The van der Waals surface area contributed by atoms with E-state index in [4.69, 9.17) is 4.42 Å². The molecule has 0 saturated carbocycles. The number of Topliss-reactive ketones (excluding diaryl/α,β-unsaturated/α-hetero) is 1. The molecule has 2 heterocycles. The second-order valence-electron chi connectivity index (χ2n) is 6.42. The summed E-state index contributed by atoms with van der Waals surface area (Å²) in [6.45, 7) is 1.99. The largest absolute Gasteiger partial charge is 0.469 e. The van der Waals surface area contributed by atoms with Gasteiger partial charge in [0.1, 0.15) is 5.76 Å². The highest BCUT2D eigenvalue weighted by Crippen LogP contribution is 2.43. The Morgan fingerprint density at radius 1 is 1.08 bits per heavy atom. The van der Waals surface area contributed by atoms with E-state index in [1.165, 1.54) is 0 Å². The highest BCUT2D eigenvalue weighted by molar-refractivity contribution is 6.07. The summed E-state index contributed by atoms with van der Waals surface area (Å²) in [5.74, 6) is 0.619. The molecule has 1 amide bonds. The van der Waals surface area contributed by atoms with Gasteiger partial charge in [-0.1, -0.05) is 18.2 Å². The molecule has 4 nitrogen and oxygen atoms in total. The monoisotopic (exact) mass is 321 g/mol. The van der Waals surface area contributed by atoms with Crippen LogP contribution in [0.4, 0.5) is 5.69 Å². The van der Waals surface area contributed by atoms with Gasteiger partial charge in [0.15, 0.2) is 5.78 Å². The molecule has 1 aromatic carbocycles. The van der Waals surface area contributed by atoms with Crippen molar-refractivity contribution in [2.75, 3.05) is 4.90 Å². The van der Waals surface area contributed by atoms with Crippen LogP contribution in [0.25, 0.3) is 0 Å². The van der Waals surface area contributed by atoms with E-state index in [1.807, 2.05) is 37.3 Å². The van der Waals surface area contributed by atoms with Crippen LogP contribution in [0, 0.1) is 6.92 Å². The Bertz CT molecular complexity index is 832. The SMILES string of the molecule is Cc1ccccc1N1C(=O)CC(c2ccco2)C2=C1CCCC2=O. The molecule has 0 fully saturated rings. The van der Waals surface area contributed by atoms with Gasteiger partial charge in [-0.05, 0) is 43.5 Å². The molecule has 4 heteroatoms. The predicted octanol–water partition coefficient (Wildman–Crippen LogP) is 4.12. The highest BCUT2D eigenvalue weighted by atomic mass is 16.3. The lowest BCUT2D eigenvalue weighted by Crippen LogP contribution is -2.40. The number of nitrogens with zero attached hydrogens (tertiary/aromatic N) is 1. The summed E-state index contributed by atoms with van der Waals surface area (Å²) in [4.78, 5) is 27.4. The van der Waals surface area contributed by atoms with Gasteiger partial charge in [0.05, 0.1) is 17.9 Å². The lowest BCUT2D eigenvalue weighted by molar-refractivity contribution is -0.120. The first kappa shape index (κ1) is 14.9. The number of hydrogen-bond acceptors (Lipinski definition) is 3. The number of aryl methyl sites for hydroxylation is 1. The molecule has 0 radical (unpaired) electrons. The third kappa shape index (κ3) is 2.30. The number of rotatable bonds is 2. The van der Waals surface area contributed by atoms with Crippen LogP contribution in [0.5, 0.6) is 0 Å². The first-order chi connectivity index (χ1) is 11.7. The summed E-state index contributed by atoms with van der Waals surface area (Å²) < 4.78 is 5.53. The second kappa shape index (κ2) is 5.78. The van der Waals surface area contributed by atoms with Crippen LogP contribution in [-0.4, -0.2) is 11.7 Å². The maximum Gasteiger partial charge on any atom is 0.232 e. The zero-order valence-electron chi connectivity index (χ0n) is 13.6. The Hall–Kier alpha value is -2.62. The number of amides is 1. The Morgan fingerprint density at radius 2 is 1.92 bits per heavy atom.